The molecule has 1 aromatic heterocycles. The Morgan fingerprint density at radius 2 is 1.92 bits per heavy atom. The molecule has 130 valence electrons. The van der Waals surface area contributed by atoms with Crippen molar-refractivity contribution in [1.29, 1.82) is 0 Å². The molecule has 0 aliphatic carbocycles. The van der Waals surface area contributed by atoms with Crippen LogP contribution in [0, 0.1) is 0 Å². The highest BCUT2D eigenvalue weighted by molar-refractivity contribution is 7.89. The molecule has 0 saturated heterocycles. The lowest BCUT2D eigenvalue weighted by molar-refractivity contribution is 0.598. The molecule has 0 bridgehead atoms. The first-order chi connectivity index (χ1) is 11.9. The zero-order chi connectivity index (χ0) is 18.0. The molecule has 2 aromatic carbocycles. The lowest BCUT2D eigenvalue weighted by Crippen LogP contribution is -2.15. The molecule has 0 unspecified atom stereocenters. The maximum Gasteiger partial charge on any atom is 0.238 e. The predicted molar refractivity (Wildman–Crippen MR) is 101 cm³/mol. The summed E-state index contributed by atoms with van der Waals surface area (Å²) in [5.74, 6) is 0. The topological polar surface area (TPSA) is 77.5 Å². The molecular formula is C17H16ClN3O2S2. The van der Waals surface area contributed by atoms with Crippen LogP contribution in [0.25, 0.3) is 11.3 Å². The predicted octanol–water partition coefficient (Wildman–Crippen LogP) is 3.77. The van der Waals surface area contributed by atoms with E-state index in [1.165, 1.54) is 23.5 Å². The molecular weight excluding hydrogens is 378 g/mol. The summed E-state index contributed by atoms with van der Waals surface area (Å²) < 4.78 is 25.3. The van der Waals surface area contributed by atoms with Crippen molar-refractivity contribution in [2.75, 3.05) is 0 Å². The average molecular weight is 394 g/mol. The van der Waals surface area contributed by atoms with Gasteiger partial charge in [0.1, 0.15) is 0 Å². The van der Waals surface area contributed by atoms with Crippen molar-refractivity contribution < 1.29 is 8.42 Å². The van der Waals surface area contributed by atoms with Gasteiger partial charge >= 0.3 is 0 Å². The third-order valence-electron chi connectivity index (χ3n) is 3.64. The number of rotatable bonds is 4. The monoisotopic (exact) mass is 393 g/mol. The molecule has 3 aromatic rings. The normalized spacial score (nSPS) is 12.5. The fourth-order valence-electron chi connectivity index (χ4n) is 2.43. The molecule has 0 fully saturated rings. The lowest BCUT2D eigenvalue weighted by atomic mass is 10.1. The lowest BCUT2D eigenvalue weighted by Gasteiger charge is -2.09. The number of aromatic nitrogens is 1. The molecule has 2 N–H and O–H groups in total. The molecule has 0 aliphatic rings. The van der Waals surface area contributed by atoms with Gasteiger partial charge in [0.25, 0.3) is 0 Å². The van der Waals surface area contributed by atoms with Gasteiger partial charge < -0.3 is 4.57 Å². The number of nitrogens with zero attached hydrogens (tertiary/aromatic N) is 2. The van der Waals surface area contributed by atoms with Crippen molar-refractivity contribution in [1.82, 2.24) is 4.57 Å². The maximum absolute atomic E-state index is 11.6. The first-order valence-corrected chi connectivity index (χ1v) is 10.3. The van der Waals surface area contributed by atoms with Crippen molar-refractivity contribution >= 4 is 38.6 Å². The number of sulfonamides is 1. The minimum Gasteiger partial charge on any atom is -0.317 e. The zero-order valence-corrected chi connectivity index (χ0v) is 15.8. The Balaban J connectivity index is 2.19. The van der Waals surface area contributed by atoms with Gasteiger partial charge in [0.15, 0.2) is 4.80 Å². The second kappa shape index (κ2) is 7.13. The quantitative estimate of drug-likeness (QED) is 0.732. The molecule has 0 aliphatic heterocycles. The van der Waals surface area contributed by atoms with Gasteiger partial charge in [-0.3, -0.25) is 0 Å². The van der Waals surface area contributed by atoms with Crippen LogP contribution in [-0.2, 0) is 16.6 Å². The van der Waals surface area contributed by atoms with E-state index in [0.717, 1.165) is 16.2 Å². The van der Waals surface area contributed by atoms with Crippen LogP contribution in [0.5, 0.6) is 0 Å². The van der Waals surface area contributed by atoms with E-state index in [0.29, 0.717) is 17.1 Å². The summed E-state index contributed by atoms with van der Waals surface area (Å²) >= 11 is 7.77. The molecule has 0 radical (unpaired) electrons. The molecule has 25 heavy (non-hydrogen) atoms. The van der Waals surface area contributed by atoms with Gasteiger partial charge in [0, 0.05) is 17.5 Å². The van der Waals surface area contributed by atoms with E-state index in [9.17, 15) is 8.42 Å². The number of nitrogens with two attached hydrogens (primary N) is 1. The fourth-order valence-corrected chi connectivity index (χ4v) is 4.17. The van der Waals surface area contributed by atoms with E-state index in [4.69, 9.17) is 16.7 Å². The van der Waals surface area contributed by atoms with Gasteiger partial charge in [0.05, 0.1) is 21.3 Å². The van der Waals surface area contributed by atoms with Crippen LogP contribution in [0.4, 0.5) is 5.69 Å². The maximum atomic E-state index is 11.6. The van der Waals surface area contributed by atoms with Crippen molar-refractivity contribution in [2.45, 2.75) is 18.4 Å². The second-order valence-corrected chi connectivity index (χ2v) is 8.09. The summed E-state index contributed by atoms with van der Waals surface area (Å²) in [5, 5.41) is 7.61. The third kappa shape index (κ3) is 3.85. The van der Waals surface area contributed by atoms with E-state index in [1.807, 2.05) is 47.2 Å². The van der Waals surface area contributed by atoms with E-state index in [-0.39, 0.29) is 4.90 Å². The molecule has 0 atom stereocenters. The Morgan fingerprint density at radius 3 is 2.56 bits per heavy atom. The van der Waals surface area contributed by atoms with Gasteiger partial charge in [-0.05, 0) is 37.3 Å². The summed E-state index contributed by atoms with van der Waals surface area (Å²) in [7, 11) is -3.80. The first-order valence-electron chi connectivity index (χ1n) is 7.51. The highest BCUT2D eigenvalue weighted by Gasteiger charge is 2.15. The average Bonchev–Trinajstić information content (AvgIpc) is 2.97. The fraction of sp³-hybridized carbons (Fsp3) is 0.118. The number of halogens is 1. The van der Waals surface area contributed by atoms with Gasteiger partial charge in [-0.2, -0.15) is 0 Å². The molecule has 0 amide bonds. The number of thiazole rings is 1. The Labute approximate surface area is 155 Å². The van der Waals surface area contributed by atoms with Crippen molar-refractivity contribution in [2.24, 2.45) is 10.1 Å². The van der Waals surface area contributed by atoms with Gasteiger partial charge in [0.2, 0.25) is 10.0 Å². The minimum atomic E-state index is -3.80. The van der Waals surface area contributed by atoms with Gasteiger partial charge in [-0.15, -0.1) is 11.3 Å². The molecule has 3 rings (SSSR count). The number of hydrogen-bond donors (Lipinski definition) is 1. The highest BCUT2D eigenvalue weighted by atomic mass is 35.5. The number of para-hydroxylation sites is 1. The SMILES string of the molecule is CCn1c(-c2cc(S(N)(=O)=O)ccc2Cl)csc1=Nc1ccccc1. The van der Waals surface area contributed by atoms with E-state index in [1.54, 1.807) is 6.07 Å². The van der Waals surface area contributed by atoms with E-state index in [2.05, 4.69) is 4.99 Å². The van der Waals surface area contributed by atoms with Crippen LogP contribution in [0.1, 0.15) is 6.92 Å². The molecule has 0 saturated carbocycles. The van der Waals surface area contributed by atoms with Crippen LogP contribution in [-0.4, -0.2) is 13.0 Å². The van der Waals surface area contributed by atoms with E-state index < -0.39 is 10.0 Å². The van der Waals surface area contributed by atoms with Crippen LogP contribution in [0.3, 0.4) is 0 Å². The second-order valence-electron chi connectivity index (χ2n) is 5.28. The van der Waals surface area contributed by atoms with E-state index >= 15 is 0 Å². The smallest absolute Gasteiger partial charge is 0.238 e. The molecule has 5 nitrogen and oxygen atoms in total. The Hall–Kier alpha value is -1.93. The van der Waals surface area contributed by atoms with Crippen LogP contribution >= 0.6 is 22.9 Å². The van der Waals surface area contributed by atoms with Crippen LogP contribution in [0.15, 0.2) is 63.8 Å². The zero-order valence-electron chi connectivity index (χ0n) is 13.4. The molecule has 1 heterocycles. The summed E-state index contributed by atoms with van der Waals surface area (Å²) in [6, 6.07) is 14.1. The Morgan fingerprint density at radius 1 is 1.20 bits per heavy atom. The standard InChI is InChI=1S/C17H16ClN3O2S2/c1-2-21-16(11-24-17(21)20-12-6-4-3-5-7-12)14-10-13(25(19,22)23)8-9-15(14)18/h3-11H,2H2,1H3,(H2,19,22,23). The molecule has 8 heteroatoms. The van der Waals surface area contributed by atoms with Gasteiger partial charge in [-0.1, -0.05) is 29.8 Å². The largest absolute Gasteiger partial charge is 0.317 e. The summed E-state index contributed by atoms with van der Waals surface area (Å²) in [4.78, 5) is 5.49. The number of benzene rings is 2. The third-order valence-corrected chi connectivity index (χ3v) is 5.74. The summed E-state index contributed by atoms with van der Waals surface area (Å²) in [6.07, 6.45) is 0. The highest BCUT2D eigenvalue weighted by Crippen LogP contribution is 2.30. The summed E-state index contributed by atoms with van der Waals surface area (Å²) in [5.41, 5.74) is 2.26. The van der Waals surface area contributed by atoms with Crippen molar-refractivity contribution in [3.05, 3.63) is 63.7 Å². The number of primary sulfonamides is 1. The van der Waals surface area contributed by atoms with Crippen LogP contribution in [0.2, 0.25) is 5.02 Å². The van der Waals surface area contributed by atoms with Crippen LogP contribution < -0.4 is 9.94 Å². The number of hydrogen-bond acceptors (Lipinski definition) is 4. The Kier molecular flexibility index (Phi) is 5.10. The Bertz CT molecular complexity index is 1070. The van der Waals surface area contributed by atoms with Gasteiger partial charge in [-0.25, -0.2) is 18.5 Å². The minimum absolute atomic E-state index is 0.0299. The first kappa shape index (κ1) is 17.9. The molecule has 0 spiro atoms. The van der Waals surface area contributed by atoms with Crippen molar-refractivity contribution in [3.63, 3.8) is 0 Å². The van der Waals surface area contributed by atoms with Crippen molar-refractivity contribution in [3.8, 4) is 11.3 Å². The summed E-state index contributed by atoms with van der Waals surface area (Å²) in [6.45, 7) is 2.66.